The highest BCUT2D eigenvalue weighted by molar-refractivity contribution is 8.02. The number of thioether (sulfide) groups is 1. The van der Waals surface area contributed by atoms with Gasteiger partial charge >= 0.3 is 5.97 Å². The molecule has 1 aromatic carbocycles. The van der Waals surface area contributed by atoms with E-state index in [1.807, 2.05) is 52.0 Å². The molecule has 6 atom stereocenters. The standard InChI is InChI=1S/C32H44N2O5S/c1-7-9-10-11-18-39-31(38)25-24-15-16-32(40-24)26(25)29(36)34(23(19-35)20(3)4)28(32)30(37)33(17-8-2)27-21(5)13-12-14-22(27)6/h7-8,12-14,20,23-26,28,35H,1-2,9-11,15-19H2,3-6H3/t23-,24+,25-,26-,28?,32?/m0/s1. The summed E-state index contributed by atoms with van der Waals surface area (Å²) in [7, 11) is 0. The van der Waals surface area contributed by atoms with Gasteiger partial charge in [-0.1, -0.05) is 44.2 Å². The molecule has 7 nitrogen and oxygen atoms in total. The summed E-state index contributed by atoms with van der Waals surface area (Å²) >= 11 is 1.62. The Kier molecular flexibility index (Phi) is 9.51. The number of benzene rings is 1. The lowest BCUT2D eigenvalue weighted by Gasteiger charge is -2.41. The molecule has 1 spiro atoms. The van der Waals surface area contributed by atoms with E-state index in [0.717, 1.165) is 42.5 Å². The Balaban J connectivity index is 1.75. The molecule has 0 aromatic heterocycles. The van der Waals surface area contributed by atoms with E-state index in [2.05, 4.69) is 13.2 Å². The van der Waals surface area contributed by atoms with E-state index < -0.39 is 28.7 Å². The molecule has 8 heteroatoms. The van der Waals surface area contributed by atoms with Gasteiger partial charge in [-0.2, -0.15) is 0 Å². The van der Waals surface area contributed by atoms with Crippen LogP contribution in [0.15, 0.2) is 43.5 Å². The number of amides is 2. The van der Waals surface area contributed by atoms with Crippen LogP contribution in [0.25, 0.3) is 0 Å². The monoisotopic (exact) mass is 568 g/mol. The van der Waals surface area contributed by atoms with Crippen LogP contribution >= 0.6 is 11.8 Å². The normalized spacial score (nSPS) is 27.6. The first-order valence-corrected chi connectivity index (χ1v) is 15.4. The predicted molar refractivity (Wildman–Crippen MR) is 160 cm³/mol. The maximum Gasteiger partial charge on any atom is 0.310 e. The molecule has 1 N–H and O–H groups in total. The van der Waals surface area contributed by atoms with Crippen molar-refractivity contribution in [2.75, 3.05) is 24.7 Å². The molecule has 3 aliphatic rings. The summed E-state index contributed by atoms with van der Waals surface area (Å²) in [6.07, 6.45) is 7.46. The molecular formula is C32H44N2O5S. The summed E-state index contributed by atoms with van der Waals surface area (Å²) in [4.78, 5) is 46.0. The molecule has 0 saturated carbocycles. The highest BCUT2D eigenvalue weighted by atomic mass is 32.2. The zero-order valence-corrected chi connectivity index (χ0v) is 25.1. The minimum Gasteiger partial charge on any atom is -0.465 e. The molecule has 40 heavy (non-hydrogen) atoms. The maximum absolute atomic E-state index is 14.8. The molecule has 218 valence electrons. The zero-order valence-electron chi connectivity index (χ0n) is 24.3. The van der Waals surface area contributed by atoms with E-state index in [9.17, 15) is 19.5 Å². The van der Waals surface area contributed by atoms with Crippen molar-refractivity contribution in [3.63, 3.8) is 0 Å². The van der Waals surface area contributed by atoms with Gasteiger partial charge in [0, 0.05) is 17.5 Å². The second-order valence-electron chi connectivity index (χ2n) is 11.7. The lowest BCUT2D eigenvalue weighted by molar-refractivity contribution is -0.154. The Labute approximate surface area is 243 Å². The maximum atomic E-state index is 14.8. The van der Waals surface area contributed by atoms with Crippen LogP contribution in [0.5, 0.6) is 0 Å². The van der Waals surface area contributed by atoms with E-state index >= 15 is 0 Å². The molecule has 3 saturated heterocycles. The van der Waals surface area contributed by atoms with Gasteiger partial charge in [0.25, 0.3) is 5.91 Å². The van der Waals surface area contributed by atoms with Crippen molar-refractivity contribution in [2.24, 2.45) is 17.8 Å². The molecule has 2 amide bonds. The fourth-order valence-corrected chi connectivity index (χ4v) is 9.26. The summed E-state index contributed by atoms with van der Waals surface area (Å²) in [5.41, 5.74) is 2.74. The molecule has 1 aromatic rings. The van der Waals surface area contributed by atoms with Gasteiger partial charge in [0.15, 0.2) is 0 Å². The number of carbonyl (C=O) groups excluding carboxylic acids is 3. The van der Waals surface area contributed by atoms with Crippen LogP contribution in [0, 0.1) is 31.6 Å². The number of fused-ring (bicyclic) bond motifs is 1. The first-order chi connectivity index (χ1) is 19.1. The number of ether oxygens (including phenoxy) is 1. The molecule has 3 fully saturated rings. The van der Waals surface area contributed by atoms with Gasteiger partial charge in [-0.15, -0.1) is 24.9 Å². The predicted octanol–water partition coefficient (Wildman–Crippen LogP) is 4.83. The summed E-state index contributed by atoms with van der Waals surface area (Å²) in [5.74, 6) is -2.06. The number of aryl methyl sites for hydroxylation is 2. The van der Waals surface area contributed by atoms with Crippen molar-refractivity contribution in [3.05, 3.63) is 54.6 Å². The van der Waals surface area contributed by atoms with Crippen LogP contribution in [0.3, 0.4) is 0 Å². The highest BCUT2D eigenvalue weighted by Crippen LogP contribution is 2.67. The molecule has 2 bridgehead atoms. The summed E-state index contributed by atoms with van der Waals surface area (Å²) < 4.78 is 4.97. The van der Waals surface area contributed by atoms with E-state index in [1.165, 1.54) is 0 Å². The Hall–Kier alpha value is -2.58. The number of likely N-dealkylation sites (tertiary alicyclic amines) is 1. The van der Waals surface area contributed by atoms with Crippen LogP contribution in [0.1, 0.15) is 57.1 Å². The number of anilines is 1. The Morgan fingerprint density at radius 2 is 1.93 bits per heavy atom. The van der Waals surface area contributed by atoms with Crippen molar-refractivity contribution in [2.45, 2.75) is 81.9 Å². The second kappa shape index (κ2) is 12.5. The fraction of sp³-hybridized carbons (Fsp3) is 0.594. The minimum absolute atomic E-state index is 0.0632. The lowest BCUT2D eigenvalue weighted by atomic mass is 9.71. The smallest absolute Gasteiger partial charge is 0.310 e. The second-order valence-corrected chi connectivity index (χ2v) is 13.3. The Bertz CT molecular complexity index is 1130. The lowest BCUT2D eigenvalue weighted by Crippen LogP contribution is -2.58. The van der Waals surface area contributed by atoms with Gasteiger partial charge in [0.1, 0.15) is 6.04 Å². The van der Waals surface area contributed by atoms with Gasteiger partial charge in [0.05, 0.1) is 35.8 Å². The average molecular weight is 569 g/mol. The fourth-order valence-electron chi connectivity index (χ4n) is 7.07. The number of hydrogen-bond donors (Lipinski definition) is 1. The van der Waals surface area contributed by atoms with Crippen LogP contribution in [0.4, 0.5) is 5.69 Å². The third kappa shape index (κ3) is 5.13. The van der Waals surface area contributed by atoms with Crippen molar-refractivity contribution in [1.82, 2.24) is 4.90 Å². The van der Waals surface area contributed by atoms with Crippen LogP contribution in [-0.2, 0) is 19.1 Å². The number of aliphatic hydroxyl groups excluding tert-OH is 1. The molecule has 3 aliphatic heterocycles. The summed E-state index contributed by atoms with van der Waals surface area (Å²) in [6.45, 7) is 15.9. The zero-order chi connectivity index (χ0) is 29.2. The third-order valence-electron chi connectivity index (χ3n) is 8.89. The average Bonchev–Trinajstić information content (AvgIpc) is 3.55. The van der Waals surface area contributed by atoms with Crippen molar-refractivity contribution in [1.29, 1.82) is 0 Å². The first-order valence-electron chi connectivity index (χ1n) is 14.5. The number of allylic oxidation sites excluding steroid dienone is 1. The van der Waals surface area contributed by atoms with Gasteiger partial charge in [0.2, 0.25) is 5.91 Å². The number of para-hydroxylation sites is 1. The molecule has 3 heterocycles. The molecular weight excluding hydrogens is 524 g/mol. The number of aliphatic hydroxyl groups is 1. The number of rotatable bonds is 13. The minimum atomic E-state index is -0.802. The molecule has 0 radical (unpaired) electrons. The number of unbranched alkanes of at least 4 members (excludes halogenated alkanes) is 2. The highest BCUT2D eigenvalue weighted by Gasteiger charge is 2.75. The number of esters is 1. The van der Waals surface area contributed by atoms with Gasteiger partial charge in [-0.3, -0.25) is 14.4 Å². The van der Waals surface area contributed by atoms with Gasteiger partial charge in [-0.05, 0) is 63.0 Å². The van der Waals surface area contributed by atoms with E-state index in [-0.39, 0.29) is 35.6 Å². The summed E-state index contributed by atoms with van der Waals surface area (Å²) in [5, 5.41) is 10.4. The number of nitrogens with zero attached hydrogens (tertiary/aromatic N) is 2. The Morgan fingerprint density at radius 1 is 1.23 bits per heavy atom. The van der Waals surface area contributed by atoms with Gasteiger partial charge in [-0.25, -0.2) is 0 Å². The largest absolute Gasteiger partial charge is 0.465 e. The topological polar surface area (TPSA) is 87.1 Å². The van der Waals surface area contributed by atoms with E-state index in [1.54, 1.807) is 27.6 Å². The quantitative estimate of drug-likeness (QED) is 0.208. The molecule has 0 aliphatic carbocycles. The molecule has 2 unspecified atom stereocenters. The summed E-state index contributed by atoms with van der Waals surface area (Å²) in [6, 6.07) is 4.58. The van der Waals surface area contributed by atoms with E-state index in [4.69, 9.17) is 4.74 Å². The van der Waals surface area contributed by atoms with Crippen molar-refractivity contribution >= 4 is 35.2 Å². The Morgan fingerprint density at radius 3 is 2.52 bits per heavy atom. The number of carbonyl (C=O) groups is 3. The SMILES string of the molecule is C=CCCCCOC(=O)[C@@H]1[C@H]2C(=O)N([C@@H](CO)C(C)C)C(C(=O)N(CC=C)c3c(C)cccc3C)C23CC[C@H]1S3. The van der Waals surface area contributed by atoms with Crippen LogP contribution in [0.2, 0.25) is 0 Å². The molecule has 4 rings (SSSR count). The first kappa shape index (κ1) is 30.4. The number of hydrogen-bond acceptors (Lipinski definition) is 6. The van der Waals surface area contributed by atoms with Crippen molar-refractivity contribution < 1.29 is 24.2 Å². The van der Waals surface area contributed by atoms with Crippen LogP contribution < -0.4 is 4.90 Å². The van der Waals surface area contributed by atoms with Crippen molar-refractivity contribution in [3.8, 4) is 0 Å². The van der Waals surface area contributed by atoms with Crippen LogP contribution in [-0.4, -0.2) is 69.6 Å². The van der Waals surface area contributed by atoms with Gasteiger partial charge < -0.3 is 19.6 Å². The van der Waals surface area contributed by atoms with E-state index in [0.29, 0.717) is 19.6 Å². The third-order valence-corrected chi connectivity index (χ3v) is 10.8.